The molecule has 2 amide bonds. The predicted molar refractivity (Wildman–Crippen MR) is 82.4 cm³/mol. The van der Waals surface area contributed by atoms with Crippen molar-refractivity contribution in [1.82, 2.24) is 15.5 Å². The van der Waals surface area contributed by atoms with Gasteiger partial charge in [0.1, 0.15) is 0 Å². The van der Waals surface area contributed by atoms with Gasteiger partial charge >= 0.3 is 0 Å². The number of carbonyl (C=O) groups is 2. The summed E-state index contributed by atoms with van der Waals surface area (Å²) >= 11 is 0. The van der Waals surface area contributed by atoms with E-state index < -0.39 is 0 Å². The molecule has 1 saturated heterocycles. The lowest BCUT2D eigenvalue weighted by Gasteiger charge is -2.30. The highest BCUT2D eigenvalue weighted by atomic mass is 35.5. The lowest BCUT2D eigenvalue weighted by molar-refractivity contribution is -0.132. The number of amides is 2. The third-order valence-electron chi connectivity index (χ3n) is 4.06. The zero-order valence-electron chi connectivity index (χ0n) is 12.0. The van der Waals surface area contributed by atoms with Crippen LogP contribution in [-0.2, 0) is 17.9 Å². The first-order valence-electron chi connectivity index (χ1n) is 7.01. The third-order valence-corrected chi connectivity index (χ3v) is 4.06. The van der Waals surface area contributed by atoms with Crippen LogP contribution in [0.2, 0.25) is 0 Å². The van der Waals surface area contributed by atoms with Gasteiger partial charge in [0.05, 0.1) is 0 Å². The number of hydrogen-bond acceptors (Lipinski definition) is 3. The number of hydrogen-bond donors (Lipinski definition) is 2. The summed E-state index contributed by atoms with van der Waals surface area (Å²) < 4.78 is 0. The molecule has 3 rings (SSSR count). The van der Waals surface area contributed by atoms with Crippen LogP contribution in [0.5, 0.6) is 0 Å². The van der Waals surface area contributed by atoms with Crippen LogP contribution in [0, 0.1) is 0 Å². The van der Waals surface area contributed by atoms with Gasteiger partial charge in [-0.3, -0.25) is 9.59 Å². The molecule has 1 aromatic carbocycles. The van der Waals surface area contributed by atoms with Crippen LogP contribution < -0.4 is 10.6 Å². The maximum atomic E-state index is 12.3. The van der Waals surface area contributed by atoms with Crippen molar-refractivity contribution in [2.45, 2.75) is 32.0 Å². The maximum absolute atomic E-state index is 12.3. The molecule has 2 N–H and O–H groups in total. The molecule has 0 aromatic heterocycles. The lowest BCUT2D eigenvalue weighted by atomic mass is 10.0. The van der Waals surface area contributed by atoms with Crippen LogP contribution in [0.15, 0.2) is 18.2 Å². The smallest absolute Gasteiger partial charge is 0.251 e. The summed E-state index contributed by atoms with van der Waals surface area (Å²) in [6.45, 7) is 2.31. The second-order valence-electron chi connectivity index (χ2n) is 5.57. The van der Waals surface area contributed by atoms with Gasteiger partial charge in [-0.2, -0.15) is 0 Å². The monoisotopic (exact) mass is 309 g/mol. The molecular weight excluding hydrogens is 290 g/mol. The second-order valence-corrected chi connectivity index (χ2v) is 5.57. The van der Waals surface area contributed by atoms with Gasteiger partial charge in [0.25, 0.3) is 5.91 Å². The van der Waals surface area contributed by atoms with Gasteiger partial charge in [0, 0.05) is 44.7 Å². The molecule has 114 valence electrons. The Bertz CT molecular complexity index is 562. The van der Waals surface area contributed by atoms with Gasteiger partial charge in [-0.15, -0.1) is 12.4 Å². The quantitative estimate of drug-likeness (QED) is 0.859. The summed E-state index contributed by atoms with van der Waals surface area (Å²) in [5.74, 6) is 0.103. The molecule has 1 fully saturated rings. The van der Waals surface area contributed by atoms with E-state index in [4.69, 9.17) is 0 Å². The number of carbonyl (C=O) groups excluding carboxylic acids is 2. The lowest BCUT2D eigenvalue weighted by Crippen LogP contribution is -2.48. The highest BCUT2D eigenvalue weighted by molar-refractivity contribution is 5.94. The Morgan fingerprint density at radius 2 is 2.10 bits per heavy atom. The normalized spacial score (nSPS) is 20.7. The van der Waals surface area contributed by atoms with Crippen molar-refractivity contribution in [1.29, 1.82) is 0 Å². The van der Waals surface area contributed by atoms with E-state index >= 15 is 0 Å². The van der Waals surface area contributed by atoms with Crippen molar-refractivity contribution in [3.8, 4) is 0 Å². The first-order valence-corrected chi connectivity index (χ1v) is 7.01. The van der Waals surface area contributed by atoms with Crippen LogP contribution >= 0.6 is 12.4 Å². The minimum atomic E-state index is -0.0487. The number of nitrogens with zero attached hydrogens (tertiary/aromatic N) is 1. The summed E-state index contributed by atoms with van der Waals surface area (Å²) in [5.41, 5.74) is 3.17. The van der Waals surface area contributed by atoms with Crippen LogP contribution in [0.4, 0.5) is 0 Å². The fraction of sp³-hybridized carbons (Fsp3) is 0.467. The number of nitrogens with one attached hydrogen (secondary N) is 2. The Labute approximate surface area is 130 Å². The predicted octanol–water partition coefficient (Wildman–Crippen LogP) is 1.06. The van der Waals surface area contributed by atoms with E-state index in [1.54, 1.807) is 11.9 Å². The average molecular weight is 310 g/mol. The average Bonchev–Trinajstić information content (AvgIpc) is 2.90. The van der Waals surface area contributed by atoms with E-state index in [9.17, 15) is 9.59 Å². The Morgan fingerprint density at radius 3 is 2.86 bits per heavy atom. The molecule has 2 aliphatic rings. The minimum absolute atomic E-state index is 0. The summed E-state index contributed by atoms with van der Waals surface area (Å²) in [6.07, 6.45) is 1.23. The summed E-state index contributed by atoms with van der Waals surface area (Å²) in [4.78, 5) is 25.4. The Kier molecular flexibility index (Phi) is 4.85. The highest BCUT2D eigenvalue weighted by Crippen LogP contribution is 2.17. The highest BCUT2D eigenvalue weighted by Gasteiger charge is 2.24. The molecule has 0 saturated carbocycles. The Hall–Kier alpha value is -1.59. The van der Waals surface area contributed by atoms with Crippen molar-refractivity contribution < 1.29 is 9.59 Å². The van der Waals surface area contributed by atoms with Crippen LogP contribution in [-0.4, -0.2) is 36.3 Å². The first-order chi connectivity index (χ1) is 9.63. The van der Waals surface area contributed by atoms with Gasteiger partial charge in [-0.25, -0.2) is 0 Å². The Morgan fingerprint density at radius 1 is 1.33 bits per heavy atom. The van der Waals surface area contributed by atoms with Gasteiger partial charge < -0.3 is 15.5 Å². The number of halogens is 1. The van der Waals surface area contributed by atoms with Crippen LogP contribution in [0.3, 0.4) is 0 Å². The van der Waals surface area contributed by atoms with Gasteiger partial charge in [0.2, 0.25) is 5.91 Å². The van der Waals surface area contributed by atoms with Gasteiger partial charge in [-0.1, -0.05) is 6.07 Å². The molecule has 0 aliphatic carbocycles. The molecule has 2 heterocycles. The van der Waals surface area contributed by atoms with Crippen LogP contribution in [0.1, 0.15) is 34.3 Å². The van der Waals surface area contributed by atoms with Crippen molar-refractivity contribution in [3.05, 3.63) is 34.9 Å². The molecule has 2 aliphatic heterocycles. The van der Waals surface area contributed by atoms with Crippen LogP contribution in [0.25, 0.3) is 0 Å². The van der Waals surface area contributed by atoms with E-state index in [0.717, 1.165) is 19.5 Å². The van der Waals surface area contributed by atoms with E-state index in [1.807, 2.05) is 18.2 Å². The fourth-order valence-corrected chi connectivity index (χ4v) is 2.83. The standard InChI is InChI=1S/C15H19N3O2.ClH/c1-18-9-13(4-5-14(18)19)17-15(20)10-2-3-11-7-16-8-12(11)6-10;/h2-3,6,13,16H,4-5,7-9H2,1H3,(H,17,20);1H. The van der Waals surface area contributed by atoms with Gasteiger partial charge in [0.15, 0.2) is 0 Å². The first kappa shape index (κ1) is 15.8. The van der Waals surface area contributed by atoms with Crippen molar-refractivity contribution in [3.63, 3.8) is 0 Å². The minimum Gasteiger partial charge on any atom is -0.348 e. The summed E-state index contributed by atoms with van der Waals surface area (Å²) in [6, 6.07) is 5.90. The van der Waals surface area contributed by atoms with E-state index in [-0.39, 0.29) is 30.3 Å². The van der Waals surface area contributed by atoms with E-state index in [2.05, 4.69) is 10.6 Å². The SMILES string of the molecule is CN1CC(NC(=O)c2ccc3c(c2)CNC3)CCC1=O.Cl. The fourth-order valence-electron chi connectivity index (χ4n) is 2.83. The summed E-state index contributed by atoms with van der Waals surface area (Å²) in [7, 11) is 1.78. The second kappa shape index (κ2) is 6.45. The number of piperidine rings is 1. The number of likely N-dealkylation sites (tertiary alicyclic amines) is 1. The molecule has 1 atom stereocenters. The third kappa shape index (κ3) is 3.36. The molecule has 0 radical (unpaired) electrons. The number of rotatable bonds is 2. The van der Waals surface area contributed by atoms with Gasteiger partial charge in [-0.05, 0) is 29.7 Å². The number of likely N-dealkylation sites (N-methyl/N-ethyl adjacent to an activating group) is 1. The summed E-state index contributed by atoms with van der Waals surface area (Å²) in [5, 5.41) is 6.29. The molecule has 5 nitrogen and oxygen atoms in total. The molecule has 1 unspecified atom stereocenters. The topological polar surface area (TPSA) is 61.4 Å². The van der Waals surface area contributed by atoms with E-state index in [0.29, 0.717) is 18.5 Å². The molecule has 1 aromatic rings. The maximum Gasteiger partial charge on any atom is 0.251 e. The number of benzene rings is 1. The molecule has 6 heteroatoms. The van der Waals surface area contributed by atoms with Crippen molar-refractivity contribution in [2.75, 3.05) is 13.6 Å². The largest absolute Gasteiger partial charge is 0.348 e. The molecule has 0 bridgehead atoms. The van der Waals surface area contributed by atoms with E-state index in [1.165, 1.54) is 11.1 Å². The molecular formula is C15H20ClN3O2. The van der Waals surface area contributed by atoms with Crippen molar-refractivity contribution >= 4 is 24.2 Å². The Balaban J connectivity index is 0.00000161. The molecule has 0 spiro atoms. The zero-order valence-corrected chi connectivity index (χ0v) is 12.8. The zero-order chi connectivity index (χ0) is 14.1. The molecule has 21 heavy (non-hydrogen) atoms. The van der Waals surface area contributed by atoms with Crippen molar-refractivity contribution in [2.24, 2.45) is 0 Å². The number of fused-ring (bicyclic) bond motifs is 1.